The van der Waals surface area contributed by atoms with Gasteiger partial charge in [-0.05, 0) is 34.6 Å². The molecule has 0 amide bonds. The van der Waals surface area contributed by atoms with Crippen LogP contribution in [0.15, 0.2) is 0 Å². The molecule has 0 bridgehead atoms. The van der Waals surface area contributed by atoms with Crippen LogP contribution in [0.3, 0.4) is 0 Å². The van der Waals surface area contributed by atoms with Gasteiger partial charge in [-0.3, -0.25) is 9.13 Å². The topological polar surface area (TPSA) is 71.1 Å². The van der Waals surface area contributed by atoms with Crippen LogP contribution >= 0.6 is 55.7 Å². The first-order valence-electron chi connectivity index (χ1n) is 6.34. The summed E-state index contributed by atoms with van der Waals surface area (Å²) in [5.74, 6) is -6.35. The van der Waals surface area contributed by atoms with Crippen LogP contribution in [-0.2, 0) is 26.5 Å². The monoisotopic (exact) mass is 416 g/mol. The highest BCUT2D eigenvalue weighted by atomic mass is 33.6. The summed E-state index contributed by atoms with van der Waals surface area (Å²) in [6.45, 7) is 9.96. The lowest BCUT2D eigenvalue weighted by Crippen LogP contribution is -1.97. The zero-order chi connectivity index (χ0) is 16.4. The maximum atomic E-state index is 12.6. The van der Waals surface area contributed by atoms with Crippen LogP contribution in [0.1, 0.15) is 34.6 Å². The van der Waals surface area contributed by atoms with E-state index in [-0.39, 0.29) is 12.7 Å². The molecule has 0 aliphatic rings. The largest absolute Gasteiger partial charge is 0.350 e. The van der Waals surface area contributed by atoms with Gasteiger partial charge >= 0.3 is 11.5 Å². The summed E-state index contributed by atoms with van der Waals surface area (Å²) < 4.78 is 46.1. The van der Waals surface area contributed by atoms with Crippen LogP contribution in [0.5, 0.6) is 0 Å². The molecule has 0 N–H and O–H groups in total. The molecular formula is C9H22O6P2S4. The Kier molecular flexibility index (Phi) is 13.1. The Morgan fingerprint density at radius 1 is 0.857 bits per heavy atom. The highest BCUT2D eigenvalue weighted by Gasteiger charge is 2.36. The smallest absolute Gasteiger partial charge is 0.312 e. The van der Waals surface area contributed by atoms with Gasteiger partial charge in [0.25, 0.3) is 0 Å². The van der Waals surface area contributed by atoms with Crippen molar-refractivity contribution in [3.8, 4) is 0 Å². The molecule has 0 aromatic rings. The van der Waals surface area contributed by atoms with Crippen molar-refractivity contribution in [2.75, 3.05) is 19.8 Å². The van der Waals surface area contributed by atoms with E-state index < -0.39 is 11.5 Å². The zero-order valence-electron chi connectivity index (χ0n) is 12.7. The van der Waals surface area contributed by atoms with Gasteiger partial charge in [0, 0.05) is 20.8 Å². The molecule has 0 heterocycles. The van der Waals surface area contributed by atoms with E-state index in [1.165, 1.54) is 0 Å². The van der Waals surface area contributed by atoms with Crippen LogP contribution in [0, 0.1) is 0 Å². The zero-order valence-corrected chi connectivity index (χ0v) is 17.7. The molecule has 0 aromatic heterocycles. The number of hydrogen-bond donors (Lipinski definition) is 0. The second-order valence-electron chi connectivity index (χ2n) is 3.58. The number of rotatable bonds is 13. The van der Waals surface area contributed by atoms with Crippen LogP contribution in [0.25, 0.3) is 0 Å². The van der Waals surface area contributed by atoms with Crippen molar-refractivity contribution >= 4 is 55.7 Å². The van der Waals surface area contributed by atoms with Crippen molar-refractivity contribution in [3.63, 3.8) is 0 Å². The Balaban J connectivity index is 4.73. The van der Waals surface area contributed by atoms with Crippen LogP contribution in [-0.4, -0.2) is 25.9 Å². The first-order valence-corrected chi connectivity index (χ1v) is 15.6. The second kappa shape index (κ2) is 12.1. The van der Waals surface area contributed by atoms with Gasteiger partial charge in [-0.1, -0.05) is 0 Å². The Bertz CT molecular complexity index is 370. The van der Waals surface area contributed by atoms with Gasteiger partial charge in [-0.15, -0.1) is 0 Å². The summed E-state index contributed by atoms with van der Waals surface area (Å²) in [7, 11) is 1.78. The van der Waals surface area contributed by atoms with Crippen molar-refractivity contribution in [2.24, 2.45) is 0 Å². The van der Waals surface area contributed by atoms with E-state index in [4.69, 9.17) is 17.4 Å². The molecule has 21 heavy (non-hydrogen) atoms. The third kappa shape index (κ3) is 11.0. The lowest BCUT2D eigenvalue weighted by Gasteiger charge is -2.20. The van der Waals surface area contributed by atoms with Crippen molar-refractivity contribution in [3.05, 3.63) is 0 Å². The minimum atomic E-state index is -3.19. The molecule has 12 heteroatoms. The highest BCUT2D eigenvalue weighted by molar-refractivity contribution is 9.26. The van der Waals surface area contributed by atoms with Gasteiger partial charge in [0.2, 0.25) is 0 Å². The number of hydrogen-bond acceptors (Lipinski definition) is 10. The van der Waals surface area contributed by atoms with Crippen LogP contribution < -0.4 is 0 Å². The van der Waals surface area contributed by atoms with E-state index in [0.717, 1.165) is 44.2 Å². The Morgan fingerprint density at radius 3 is 1.76 bits per heavy atom. The van der Waals surface area contributed by atoms with E-state index in [1.807, 2.05) is 0 Å². The molecule has 128 valence electrons. The molecule has 0 saturated heterocycles. The van der Waals surface area contributed by atoms with Crippen LogP contribution in [0.4, 0.5) is 0 Å². The van der Waals surface area contributed by atoms with Gasteiger partial charge in [-0.2, -0.15) is 0 Å². The van der Waals surface area contributed by atoms with E-state index in [1.54, 1.807) is 34.6 Å². The third-order valence-electron chi connectivity index (χ3n) is 1.37. The molecule has 0 rings (SSSR count). The molecule has 2 atom stereocenters. The molecule has 0 saturated carbocycles. The van der Waals surface area contributed by atoms with Gasteiger partial charge in [-0.25, -0.2) is 0 Å². The molecule has 0 aromatic carbocycles. The maximum Gasteiger partial charge on any atom is 0.350 e. The van der Waals surface area contributed by atoms with Crippen molar-refractivity contribution in [1.82, 2.24) is 0 Å². The molecule has 2 unspecified atom stereocenters. The fourth-order valence-corrected chi connectivity index (χ4v) is 20.2. The Labute approximate surface area is 142 Å². The van der Waals surface area contributed by atoms with E-state index in [9.17, 15) is 9.13 Å². The summed E-state index contributed by atoms with van der Waals surface area (Å²) in [6, 6.07) is 0. The maximum absolute atomic E-state index is 12.6. The Morgan fingerprint density at radius 2 is 1.33 bits per heavy atom. The first kappa shape index (κ1) is 22.7. The fourth-order valence-electron chi connectivity index (χ4n) is 0.835. The Hall–Kier alpha value is 1.70. The molecule has 0 aliphatic carbocycles. The van der Waals surface area contributed by atoms with Gasteiger partial charge in [0.1, 0.15) is 0 Å². The lowest BCUT2D eigenvalue weighted by atomic mass is 10.5. The predicted octanol–water partition coefficient (Wildman–Crippen LogP) is 6.41. The minimum Gasteiger partial charge on any atom is -0.312 e. The molecule has 0 aliphatic heterocycles. The molecule has 0 fully saturated rings. The minimum absolute atomic E-state index is 0.233. The van der Waals surface area contributed by atoms with Gasteiger partial charge in [0.15, 0.2) is 0 Å². The normalized spacial score (nSPS) is 17.6. The predicted molar refractivity (Wildman–Crippen MR) is 96.7 cm³/mol. The average molecular weight is 416 g/mol. The highest BCUT2D eigenvalue weighted by Crippen LogP contribution is 2.84. The summed E-state index contributed by atoms with van der Waals surface area (Å²) in [5.41, 5.74) is 0. The SMILES string of the molecule is CCOSP(=O)(OCC)SSP(=O)(OC(C)C)SOCC. The van der Waals surface area contributed by atoms with E-state index in [2.05, 4.69) is 0 Å². The average Bonchev–Trinajstić information content (AvgIpc) is 2.41. The first-order chi connectivity index (χ1) is 9.81. The van der Waals surface area contributed by atoms with Gasteiger partial charge in [0.05, 0.1) is 49.2 Å². The lowest BCUT2D eigenvalue weighted by molar-refractivity contribution is 0.259. The van der Waals surface area contributed by atoms with Crippen molar-refractivity contribution < 1.29 is 26.5 Å². The quantitative estimate of drug-likeness (QED) is 0.191. The van der Waals surface area contributed by atoms with Gasteiger partial charge < -0.3 is 17.4 Å². The molecule has 0 spiro atoms. The molecule has 0 radical (unpaired) electrons. The van der Waals surface area contributed by atoms with Crippen LogP contribution in [0.2, 0.25) is 0 Å². The van der Waals surface area contributed by atoms with E-state index in [0.29, 0.717) is 13.2 Å². The third-order valence-corrected chi connectivity index (χ3v) is 18.3. The molecule has 6 nitrogen and oxygen atoms in total. The molecular weight excluding hydrogens is 394 g/mol. The van der Waals surface area contributed by atoms with E-state index >= 15 is 0 Å². The van der Waals surface area contributed by atoms with Crippen molar-refractivity contribution in [1.29, 1.82) is 0 Å². The van der Waals surface area contributed by atoms with Crippen molar-refractivity contribution in [2.45, 2.75) is 40.7 Å². The second-order valence-corrected chi connectivity index (χ2v) is 18.5. The summed E-state index contributed by atoms with van der Waals surface area (Å²) in [4.78, 5) is 0. The fraction of sp³-hybridized carbons (Fsp3) is 1.00. The summed E-state index contributed by atoms with van der Waals surface area (Å²) in [6.07, 6.45) is -0.233. The standard InChI is InChI=1S/C9H22O6P2S4/c1-6-12-16(10,18-13-7-2)20-21-17(11,15-9(4)5)19-14-8-3/h9H,6-8H2,1-5H3. The summed E-state index contributed by atoms with van der Waals surface area (Å²) in [5, 5.41) is 0. The summed E-state index contributed by atoms with van der Waals surface area (Å²) >= 11 is 1.56.